The maximum atomic E-state index is 12.6. The smallest absolute Gasteiger partial charge is 0.235 e. The van der Waals surface area contributed by atoms with Gasteiger partial charge in [0.15, 0.2) is 0 Å². The predicted molar refractivity (Wildman–Crippen MR) is 86.1 cm³/mol. The summed E-state index contributed by atoms with van der Waals surface area (Å²) in [5, 5.41) is 0. The summed E-state index contributed by atoms with van der Waals surface area (Å²) >= 11 is 5.03. The molecule has 0 rings (SSSR count). The fourth-order valence-corrected chi connectivity index (χ4v) is 1.73. The Bertz CT molecular complexity index is 299. The summed E-state index contributed by atoms with van der Waals surface area (Å²) in [6.45, 7) is 13.9. The van der Waals surface area contributed by atoms with Gasteiger partial charge < -0.3 is 10.6 Å². The standard InChI is InChI=1S/C15H30N2OS/c1-11(2)7-9-17(10-8-12(3)4)14(18)15(5,6)13(16)19/h11-12H,7-10H2,1-6H3,(H2,16,19). The molecular weight excluding hydrogens is 256 g/mol. The minimum Gasteiger partial charge on any atom is -0.392 e. The lowest BCUT2D eigenvalue weighted by atomic mass is 9.91. The quantitative estimate of drug-likeness (QED) is 0.697. The van der Waals surface area contributed by atoms with E-state index >= 15 is 0 Å². The number of nitrogens with zero attached hydrogens (tertiary/aromatic N) is 1. The average molecular weight is 286 g/mol. The zero-order valence-electron chi connectivity index (χ0n) is 13.3. The Kier molecular flexibility index (Phi) is 7.57. The number of amides is 1. The summed E-state index contributed by atoms with van der Waals surface area (Å²) in [5.41, 5.74) is 4.96. The molecule has 0 fully saturated rings. The molecule has 0 unspecified atom stereocenters. The molecule has 0 bridgehead atoms. The Balaban J connectivity index is 4.80. The van der Waals surface area contributed by atoms with Gasteiger partial charge in [0.05, 0.1) is 10.4 Å². The molecule has 1 amide bonds. The number of carbonyl (C=O) groups excluding carboxylic acids is 1. The molecule has 0 aromatic carbocycles. The summed E-state index contributed by atoms with van der Waals surface area (Å²) in [6, 6.07) is 0. The highest BCUT2D eigenvalue weighted by molar-refractivity contribution is 7.80. The van der Waals surface area contributed by atoms with Crippen molar-refractivity contribution in [2.45, 2.75) is 54.4 Å². The minimum atomic E-state index is -0.747. The van der Waals surface area contributed by atoms with E-state index in [1.807, 2.05) is 18.7 Å². The van der Waals surface area contributed by atoms with E-state index in [9.17, 15) is 4.79 Å². The Morgan fingerprint density at radius 3 is 1.74 bits per heavy atom. The molecule has 0 heterocycles. The Labute approximate surface area is 123 Å². The van der Waals surface area contributed by atoms with E-state index < -0.39 is 5.41 Å². The molecule has 2 N–H and O–H groups in total. The number of carbonyl (C=O) groups is 1. The molecule has 112 valence electrons. The molecule has 0 saturated heterocycles. The van der Waals surface area contributed by atoms with Crippen LogP contribution >= 0.6 is 12.2 Å². The third-order valence-electron chi connectivity index (χ3n) is 3.39. The summed E-state index contributed by atoms with van der Waals surface area (Å²) < 4.78 is 0. The molecule has 0 saturated carbocycles. The summed E-state index contributed by atoms with van der Waals surface area (Å²) in [5.74, 6) is 1.23. The third kappa shape index (κ3) is 6.37. The van der Waals surface area contributed by atoms with Crippen LogP contribution in [0.5, 0.6) is 0 Å². The van der Waals surface area contributed by atoms with Gasteiger partial charge in [-0.25, -0.2) is 0 Å². The molecule has 0 atom stereocenters. The van der Waals surface area contributed by atoms with Crippen LogP contribution in [0.15, 0.2) is 0 Å². The highest BCUT2D eigenvalue weighted by Gasteiger charge is 2.34. The maximum absolute atomic E-state index is 12.6. The molecule has 0 radical (unpaired) electrons. The molecule has 3 nitrogen and oxygen atoms in total. The molecule has 0 aromatic rings. The predicted octanol–water partition coefficient (Wildman–Crippen LogP) is 3.22. The number of nitrogens with two attached hydrogens (primary N) is 1. The molecule has 0 aliphatic rings. The van der Waals surface area contributed by atoms with Gasteiger partial charge in [-0.1, -0.05) is 39.9 Å². The topological polar surface area (TPSA) is 46.3 Å². The highest BCUT2D eigenvalue weighted by Crippen LogP contribution is 2.21. The van der Waals surface area contributed by atoms with Gasteiger partial charge >= 0.3 is 0 Å². The van der Waals surface area contributed by atoms with Crippen LogP contribution in [0.2, 0.25) is 0 Å². The van der Waals surface area contributed by atoms with Crippen LogP contribution in [-0.2, 0) is 4.79 Å². The van der Waals surface area contributed by atoms with Gasteiger partial charge in [-0.15, -0.1) is 0 Å². The lowest BCUT2D eigenvalue weighted by molar-refractivity contribution is -0.137. The van der Waals surface area contributed by atoms with Crippen LogP contribution in [0, 0.1) is 17.3 Å². The number of hydrogen-bond donors (Lipinski definition) is 1. The van der Waals surface area contributed by atoms with E-state index in [0.717, 1.165) is 25.9 Å². The van der Waals surface area contributed by atoms with Crippen molar-refractivity contribution in [2.75, 3.05) is 13.1 Å². The first kappa shape index (κ1) is 18.4. The second-order valence-electron chi connectivity index (χ2n) is 6.65. The van der Waals surface area contributed by atoms with Crippen LogP contribution in [-0.4, -0.2) is 28.9 Å². The monoisotopic (exact) mass is 286 g/mol. The van der Waals surface area contributed by atoms with Crippen molar-refractivity contribution in [3.8, 4) is 0 Å². The van der Waals surface area contributed by atoms with Crippen molar-refractivity contribution < 1.29 is 4.79 Å². The van der Waals surface area contributed by atoms with E-state index in [-0.39, 0.29) is 10.9 Å². The Hall–Kier alpha value is -0.640. The maximum Gasteiger partial charge on any atom is 0.235 e. The van der Waals surface area contributed by atoms with E-state index in [0.29, 0.717) is 11.8 Å². The van der Waals surface area contributed by atoms with Crippen LogP contribution in [0.1, 0.15) is 54.4 Å². The second kappa shape index (κ2) is 7.83. The molecule has 0 aliphatic carbocycles. The van der Waals surface area contributed by atoms with Crippen molar-refractivity contribution in [3.63, 3.8) is 0 Å². The van der Waals surface area contributed by atoms with Crippen LogP contribution in [0.3, 0.4) is 0 Å². The van der Waals surface area contributed by atoms with E-state index in [2.05, 4.69) is 27.7 Å². The van der Waals surface area contributed by atoms with Gasteiger partial charge in [0, 0.05) is 13.1 Å². The lowest BCUT2D eigenvalue weighted by Crippen LogP contribution is -2.48. The second-order valence-corrected chi connectivity index (χ2v) is 7.09. The van der Waals surface area contributed by atoms with Crippen LogP contribution in [0.4, 0.5) is 0 Å². The average Bonchev–Trinajstić information content (AvgIpc) is 2.27. The molecule has 0 spiro atoms. The van der Waals surface area contributed by atoms with Crippen molar-refractivity contribution in [1.82, 2.24) is 4.90 Å². The van der Waals surface area contributed by atoms with Crippen LogP contribution in [0.25, 0.3) is 0 Å². The third-order valence-corrected chi connectivity index (χ3v) is 3.90. The lowest BCUT2D eigenvalue weighted by Gasteiger charge is -2.32. The largest absolute Gasteiger partial charge is 0.392 e. The van der Waals surface area contributed by atoms with Gasteiger partial charge in [-0.2, -0.15) is 0 Å². The molecule has 19 heavy (non-hydrogen) atoms. The van der Waals surface area contributed by atoms with E-state index in [1.54, 1.807) is 0 Å². The number of hydrogen-bond acceptors (Lipinski definition) is 2. The normalized spacial score (nSPS) is 12.0. The van der Waals surface area contributed by atoms with Crippen molar-refractivity contribution in [1.29, 1.82) is 0 Å². The number of thiocarbonyl (C=S) groups is 1. The first-order valence-electron chi connectivity index (χ1n) is 7.18. The molecule has 0 aromatic heterocycles. The first-order chi connectivity index (χ1) is 8.59. The summed E-state index contributed by atoms with van der Waals surface area (Å²) in [7, 11) is 0. The zero-order chi connectivity index (χ0) is 15.2. The molecule has 0 aliphatic heterocycles. The minimum absolute atomic E-state index is 0.0568. The number of rotatable bonds is 8. The summed E-state index contributed by atoms with van der Waals surface area (Å²) in [4.78, 5) is 14.8. The zero-order valence-corrected chi connectivity index (χ0v) is 14.1. The van der Waals surface area contributed by atoms with Gasteiger partial charge in [0.2, 0.25) is 5.91 Å². The van der Waals surface area contributed by atoms with Gasteiger partial charge in [0.25, 0.3) is 0 Å². The van der Waals surface area contributed by atoms with Crippen LogP contribution < -0.4 is 5.73 Å². The Morgan fingerprint density at radius 2 is 1.47 bits per heavy atom. The highest BCUT2D eigenvalue weighted by atomic mass is 32.1. The van der Waals surface area contributed by atoms with E-state index in [4.69, 9.17) is 18.0 Å². The Morgan fingerprint density at radius 1 is 1.11 bits per heavy atom. The van der Waals surface area contributed by atoms with Crippen molar-refractivity contribution >= 4 is 23.1 Å². The van der Waals surface area contributed by atoms with E-state index in [1.165, 1.54) is 0 Å². The van der Waals surface area contributed by atoms with Gasteiger partial charge in [0.1, 0.15) is 0 Å². The fraction of sp³-hybridized carbons (Fsp3) is 0.867. The fourth-order valence-electron chi connectivity index (χ4n) is 1.64. The SMILES string of the molecule is CC(C)CCN(CCC(C)C)C(=O)C(C)(C)C(N)=S. The van der Waals surface area contributed by atoms with Crippen molar-refractivity contribution in [3.05, 3.63) is 0 Å². The molecule has 4 heteroatoms. The van der Waals surface area contributed by atoms with Gasteiger partial charge in [-0.3, -0.25) is 4.79 Å². The molecular formula is C15H30N2OS. The summed E-state index contributed by atoms with van der Waals surface area (Å²) in [6.07, 6.45) is 2.02. The first-order valence-corrected chi connectivity index (χ1v) is 7.59. The van der Waals surface area contributed by atoms with Crippen molar-refractivity contribution in [2.24, 2.45) is 23.0 Å². The van der Waals surface area contributed by atoms with Gasteiger partial charge in [-0.05, 0) is 38.5 Å².